The van der Waals surface area contributed by atoms with Crippen LogP contribution in [0, 0.1) is 0 Å². The van der Waals surface area contributed by atoms with E-state index in [0.29, 0.717) is 5.25 Å². The molecule has 1 aliphatic heterocycles. The van der Waals surface area contributed by atoms with Gasteiger partial charge in [-0.1, -0.05) is 11.8 Å². The van der Waals surface area contributed by atoms with Crippen LogP contribution in [0.4, 0.5) is 0 Å². The van der Waals surface area contributed by atoms with E-state index in [9.17, 15) is 5.11 Å². The van der Waals surface area contributed by atoms with Crippen molar-refractivity contribution in [3.63, 3.8) is 0 Å². The molecule has 2 aliphatic rings. The van der Waals surface area contributed by atoms with Crippen molar-refractivity contribution in [1.82, 2.24) is 9.55 Å². The molecule has 1 unspecified atom stereocenters. The topological polar surface area (TPSA) is 47.3 Å². The number of aliphatic hydroxyl groups excluding tert-OH is 1. The molecular formula is C13H20N2O2S. The summed E-state index contributed by atoms with van der Waals surface area (Å²) in [6.07, 6.45) is 7.79. The highest BCUT2D eigenvalue weighted by Crippen LogP contribution is 2.46. The van der Waals surface area contributed by atoms with Crippen molar-refractivity contribution < 1.29 is 9.84 Å². The van der Waals surface area contributed by atoms with Gasteiger partial charge in [0.25, 0.3) is 0 Å². The Hall–Kier alpha value is -0.520. The van der Waals surface area contributed by atoms with Crippen LogP contribution in [0.25, 0.3) is 0 Å². The molecule has 5 heteroatoms. The number of nitrogens with zero attached hydrogens (tertiary/aromatic N) is 2. The van der Waals surface area contributed by atoms with Crippen molar-refractivity contribution in [2.24, 2.45) is 7.05 Å². The van der Waals surface area contributed by atoms with E-state index >= 15 is 0 Å². The van der Waals surface area contributed by atoms with E-state index in [1.165, 1.54) is 19.3 Å². The Morgan fingerprint density at radius 3 is 3.06 bits per heavy atom. The number of thioether (sulfide) groups is 1. The predicted molar refractivity (Wildman–Crippen MR) is 70.5 cm³/mol. The number of imidazole rings is 1. The standard InChI is InChI=1S/C13H20N2O2S/c1-15-10(9-16)8-14-12(15)18-11-3-6-17-13(7-11)4-2-5-13/h8,11,16H,2-7,9H2,1H3. The van der Waals surface area contributed by atoms with Crippen LogP contribution in [0.5, 0.6) is 0 Å². The van der Waals surface area contributed by atoms with Gasteiger partial charge in [0.05, 0.1) is 24.1 Å². The molecule has 1 aromatic heterocycles. The minimum Gasteiger partial charge on any atom is -0.390 e. The molecule has 100 valence electrons. The molecule has 1 aliphatic carbocycles. The van der Waals surface area contributed by atoms with E-state index in [0.717, 1.165) is 30.3 Å². The van der Waals surface area contributed by atoms with Gasteiger partial charge >= 0.3 is 0 Å². The third-order valence-electron chi connectivity index (χ3n) is 4.19. The molecule has 0 amide bonds. The number of ether oxygens (including phenoxy) is 1. The average Bonchev–Trinajstić information content (AvgIpc) is 2.69. The molecule has 1 N–H and O–H groups in total. The van der Waals surface area contributed by atoms with Crippen LogP contribution in [-0.2, 0) is 18.4 Å². The van der Waals surface area contributed by atoms with Gasteiger partial charge in [0, 0.05) is 18.9 Å². The van der Waals surface area contributed by atoms with Crippen molar-refractivity contribution >= 4 is 11.8 Å². The first kappa shape index (κ1) is 12.5. The Morgan fingerprint density at radius 1 is 1.61 bits per heavy atom. The molecule has 0 aromatic carbocycles. The van der Waals surface area contributed by atoms with Gasteiger partial charge in [-0.15, -0.1) is 0 Å². The van der Waals surface area contributed by atoms with Crippen LogP contribution in [0.2, 0.25) is 0 Å². The van der Waals surface area contributed by atoms with Gasteiger partial charge in [-0.05, 0) is 32.1 Å². The van der Waals surface area contributed by atoms with Crippen LogP contribution >= 0.6 is 11.8 Å². The zero-order valence-corrected chi connectivity index (χ0v) is 11.6. The highest BCUT2D eigenvalue weighted by molar-refractivity contribution is 7.99. The molecule has 2 heterocycles. The second-order valence-corrected chi connectivity index (χ2v) is 6.63. The molecule has 2 fully saturated rings. The molecule has 18 heavy (non-hydrogen) atoms. The summed E-state index contributed by atoms with van der Waals surface area (Å²) in [5.74, 6) is 0. The fourth-order valence-electron chi connectivity index (χ4n) is 2.83. The summed E-state index contributed by atoms with van der Waals surface area (Å²) >= 11 is 1.84. The number of aliphatic hydroxyl groups is 1. The largest absolute Gasteiger partial charge is 0.390 e. The lowest BCUT2D eigenvalue weighted by Crippen LogP contribution is -2.46. The molecule has 1 atom stereocenters. The highest BCUT2D eigenvalue weighted by Gasteiger charge is 2.42. The molecule has 4 nitrogen and oxygen atoms in total. The molecule has 1 saturated heterocycles. The minimum absolute atomic E-state index is 0.0573. The van der Waals surface area contributed by atoms with E-state index in [2.05, 4.69) is 4.98 Å². The Balaban J connectivity index is 1.66. The Bertz CT molecular complexity index is 429. The van der Waals surface area contributed by atoms with E-state index in [1.807, 2.05) is 23.4 Å². The van der Waals surface area contributed by atoms with Gasteiger partial charge in [0.1, 0.15) is 0 Å². The van der Waals surface area contributed by atoms with E-state index in [-0.39, 0.29) is 12.2 Å². The second kappa shape index (κ2) is 4.87. The van der Waals surface area contributed by atoms with Crippen molar-refractivity contribution in [3.8, 4) is 0 Å². The van der Waals surface area contributed by atoms with Crippen LogP contribution < -0.4 is 0 Å². The maximum Gasteiger partial charge on any atom is 0.168 e. The minimum atomic E-state index is 0.0573. The van der Waals surface area contributed by atoms with Gasteiger partial charge in [-0.2, -0.15) is 0 Å². The first-order valence-corrected chi connectivity index (χ1v) is 7.52. The fraction of sp³-hybridized carbons (Fsp3) is 0.769. The number of aromatic nitrogens is 2. The first-order valence-electron chi connectivity index (χ1n) is 6.64. The summed E-state index contributed by atoms with van der Waals surface area (Å²) in [6, 6.07) is 0. The Labute approximate surface area is 112 Å². The quantitative estimate of drug-likeness (QED) is 0.912. The van der Waals surface area contributed by atoms with Crippen molar-refractivity contribution in [2.75, 3.05) is 6.61 Å². The monoisotopic (exact) mass is 268 g/mol. The van der Waals surface area contributed by atoms with Gasteiger partial charge in [0.15, 0.2) is 5.16 Å². The number of hydrogen-bond acceptors (Lipinski definition) is 4. The molecule has 0 radical (unpaired) electrons. The normalized spacial score (nSPS) is 26.2. The van der Waals surface area contributed by atoms with E-state index < -0.39 is 0 Å². The van der Waals surface area contributed by atoms with Crippen LogP contribution in [0.1, 0.15) is 37.8 Å². The Morgan fingerprint density at radius 2 is 2.44 bits per heavy atom. The smallest absolute Gasteiger partial charge is 0.168 e. The summed E-state index contributed by atoms with van der Waals surface area (Å²) in [4.78, 5) is 4.40. The van der Waals surface area contributed by atoms with Crippen molar-refractivity contribution in [3.05, 3.63) is 11.9 Å². The summed E-state index contributed by atoms with van der Waals surface area (Å²) < 4.78 is 7.94. The Kier molecular flexibility index (Phi) is 3.38. The maximum atomic E-state index is 9.18. The summed E-state index contributed by atoms with van der Waals surface area (Å²) in [7, 11) is 1.97. The fourth-order valence-corrected chi connectivity index (χ4v) is 4.12. The van der Waals surface area contributed by atoms with Crippen molar-refractivity contribution in [2.45, 2.75) is 54.7 Å². The summed E-state index contributed by atoms with van der Waals surface area (Å²) in [5, 5.41) is 10.8. The maximum absolute atomic E-state index is 9.18. The molecule has 1 saturated carbocycles. The highest BCUT2D eigenvalue weighted by atomic mass is 32.2. The lowest BCUT2D eigenvalue weighted by Gasteiger charge is -2.46. The number of rotatable bonds is 3. The van der Waals surface area contributed by atoms with Crippen LogP contribution in [0.3, 0.4) is 0 Å². The predicted octanol–water partition coefficient (Wildman–Crippen LogP) is 2.11. The summed E-state index contributed by atoms with van der Waals surface area (Å²) in [5.41, 5.74) is 1.07. The van der Waals surface area contributed by atoms with Crippen LogP contribution in [0.15, 0.2) is 11.4 Å². The second-order valence-electron chi connectivity index (χ2n) is 5.37. The zero-order valence-electron chi connectivity index (χ0n) is 10.8. The van der Waals surface area contributed by atoms with Gasteiger partial charge in [-0.3, -0.25) is 0 Å². The van der Waals surface area contributed by atoms with E-state index in [4.69, 9.17) is 4.74 Å². The molecular weight excluding hydrogens is 248 g/mol. The lowest BCUT2D eigenvalue weighted by atomic mass is 9.75. The average molecular weight is 268 g/mol. The number of hydrogen-bond donors (Lipinski definition) is 1. The van der Waals surface area contributed by atoms with Gasteiger partial charge in [-0.25, -0.2) is 4.98 Å². The molecule has 1 spiro atoms. The van der Waals surface area contributed by atoms with Gasteiger partial charge < -0.3 is 14.4 Å². The first-order chi connectivity index (χ1) is 8.72. The van der Waals surface area contributed by atoms with Crippen LogP contribution in [-0.4, -0.2) is 32.1 Å². The van der Waals surface area contributed by atoms with E-state index in [1.54, 1.807) is 6.20 Å². The van der Waals surface area contributed by atoms with Gasteiger partial charge in [0.2, 0.25) is 0 Å². The molecule has 1 aromatic rings. The third-order valence-corrected chi connectivity index (χ3v) is 5.51. The third kappa shape index (κ3) is 2.19. The summed E-state index contributed by atoms with van der Waals surface area (Å²) in [6.45, 7) is 0.941. The van der Waals surface area contributed by atoms with Crippen molar-refractivity contribution in [1.29, 1.82) is 0 Å². The zero-order chi connectivity index (χ0) is 12.6. The lowest BCUT2D eigenvalue weighted by molar-refractivity contribution is -0.125. The SMILES string of the molecule is Cn1c(CO)cnc1SC1CCOC2(CCC2)C1. The molecule has 0 bridgehead atoms. The molecule has 3 rings (SSSR count).